The lowest BCUT2D eigenvalue weighted by molar-refractivity contribution is -0.0514. The Bertz CT molecular complexity index is 281. The van der Waals surface area contributed by atoms with E-state index in [1.165, 1.54) is 32.4 Å². The summed E-state index contributed by atoms with van der Waals surface area (Å²) < 4.78 is 0. The van der Waals surface area contributed by atoms with E-state index in [0.29, 0.717) is 23.5 Å². The Morgan fingerprint density at radius 1 is 1.15 bits per heavy atom. The Hall–Kier alpha value is -0.0800. The Labute approximate surface area is 127 Å². The Kier molecular flexibility index (Phi) is 6.53. The van der Waals surface area contributed by atoms with Crippen LogP contribution in [0.3, 0.4) is 0 Å². The second-order valence-corrected chi connectivity index (χ2v) is 7.72. The van der Waals surface area contributed by atoms with Gasteiger partial charge in [0.25, 0.3) is 0 Å². The molecule has 0 saturated carbocycles. The van der Waals surface area contributed by atoms with Crippen LogP contribution in [-0.2, 0) is 0 Å². The van der Waals surface area contributed by atoms with Gasteiger partial charge in [0.05, 0.1) is 0 Å². The summed E-state index contributed by atoms with van der Waals surface area (Å²) in [5.41, 5.74) is 0.505. The van der Waals surface area contributed by atoms with E-state index >= 15 is 0 Å². The Morgan fingerprint density at radius 3 is 2.10 bits per heavy atom. The molecule has 0 spiro atoms. The molecule has 120 valence electrons. The molecule has 0 aromatic rings. The minimum atomic E-state index is 0.505. The SMILES string of the molecule is CCC1(CC)CC(C)CN(C(C)C)C1CN(C)C(C)C. The summed E-state index contributed by atoms with van der Waals surface area (Å²) in [4.78, 5) is 5.33. The monoisotopic (exact) mass is 282 g/mol. The van der Waals surface area contributed by atoms with Gasteiger partial charge in [-0.15, -0.1) is 0 Å². The number of nitrogens with zero attached hydrogens (tertiary/aromatic N) is 2. The van der Waals surface area contributed by atoms with E-state index in [4.69, 9.17) is 0 Å². The number of hydrogen-bond acceptors (Lipinski definition) is 2. The van der Waals surface area contributed by atoms with Crippen LogP contribution in [0.15, 0.2) is 0 Å². The quantitative estimate of drug-likeness (QED) is 0.718. The smallest absolute Gasteiger partial charge is 0.0282 e. The first-order chi connectivity index (χ1) is 9.27. The molecule has 0 radical (unpaired) electrons. The standard InChI is InChI=1S/C18H38N2/c1-9-18(10-2)11-16(7)12-20(15(5)6)17(18)13-19(8)14(3)4/h14-17H,9-13H2,1-8H3. The van der Waals surface area contributed by atoms with Crippen LogP contribution >= 0.6 is 0 Å². The third-order valence-electron chi connectivity index (χ3n) is 5.80. The lowest BCUT2D eigenvalue weighted by atomic mass is 9.66. The highest BCUT2D eigenvalue weighted by Gasteiger charge is 2.45. The van der Waals surface area contributed by atoms with Gasteiger partial charge in [0, 0.05) is 31.2 Å². The summed E-state index contributed by atoms with van der Waals surface area (Å²) in [6.07, 6.45) is 4.03. The van der Waals surface area contributed by atoms with E-state index in [2.05, 4.69) is 65.3 Å². The van der Waals surface area contributed by atoms with Crippen molar-refractivity contribution in [2.45, 2.75) is 85.9 Å². The number of likely N-dealkylation sites (tertiary alicyclic amines) is 1. The number of rotatable bonds is 6. The molecule has 0 aromatic heterocycles. The minimum Gasteiger partial charge on any atom is -0.302 e. The van der Waals surface area contributed by atoms with Crippen molar-refractivity contribution >= 4 is 0 Å². The largest absolute Gasteiger partial charge is 0.302 e. The van der Waals surface area contributed by atoms with Crippen molar-refractivity contribution < 1.29 is 0 Å². The first-order valence-electron chi connectivity index (χ1n) is 8.73. The molecule has 2 nitrogen and oxygen atoms in total. The molecule has 2 atom stereocenters. The highest BCUT2D eigenvalue weighted by atomic mass is 15.3. The molecule has 1 rings (SSSR count). The van der Waals surface area contributed by atoms with Crippen LogP contribution in [-0.4, -0.2) is 48.1 Å². The maximum atomic E-state index is 2.79. The van der Waals surface area contributed by atoms with Crippen molar-refractivity contribution in [1.29, 1.82) is 0 Å². The fourth-order valence-electron chi connectivity index (χ4n) is 4.10. The fraction of sp³-hybridized carbons (Fsp3) is 1.00. The number of piperidine rings is 1. The van der Waals surface area contributed by atoms with Gasteiger partial charge in [-0.25, -0.2) is 0 Å². The fourth-order valence-corrected chi connectivity index (χ4v) is 4.10. The first-order valence-corrected chi connectivity index (χ1v) is 8.73. The molecule has 0 amide bonds. The Morgan fingerprint density at radius 2 is 1.70 bits per heavy atom. The van der Waals surface area contributed by atoms with Crippen molar-refractivity contribution in [2.75, 3.05) is 20.1 Å². The van der Waals surface area contributed by atoms with Crippen LogP contribution in [0.4, 0.5) is 0 Å². The highest BCUT2D eigenvalue weighted by molar-refractivity contribution is 4.99. The molecule has 1 aliphatic heterocycles. The van der Waals surface area contributed by atoms with Crippen molar-refractivity contribution in [2.24, 2.45) is 11.3 Å². The van der Waals surface area contributed by atoms with Crippen molar-refractivity contribution in [1.82, 2.24) is 9.80 Å². The van der Waals surface area contributed by atoms with E-state index < -0.39 is 0 Å². The van der Waals surface area contributed by atoms with Crippen molar-refractivity contribution in [3.8, 4) is 0 Å². The highest BCUT2D eigenvalue weighted by Crippen LogP contribution is 2.44. The van der Waals surface area contributed by atoms with Crippen LogP contribution in [0.5, 0.6) is 0 Å². The maximum Gasteiger partial charge on any atom is 0.0282 e. The van der Waals surface area contributed by atoms with Crippen LogP contribution < -0.4 is 0 Å². The molecule has 1 saturated heterocycles. The normalized spacial score (nSPS) is 27.8. The average Bonchev–Trinajstić information content (AvgIpc) is 2.39. The van der Waals surface area contributed by atoms with E-state index in [1.54, 1.807) is 0 Å². The second-order valence-electron chi connectivity index (χ2n) is 7.72. The van der Waals surface area contributed by atoms with Gasteiger partial charge in [-0.2, -0.15) is 0 Å². The summed E-state index contributed by atoms with van der Waals surface area (Å²) in [5, 5.41) is 0. The maximum absolute atomic E-state index is 2.79. The van der Waals surface area contributed by atoms with Gasteiger partial charge in [-0.05, 0) is 65.3 Å². The van der Waals surface area contributed by atoms with Crippen molar-refractivity contribution in [3.63, 3.8) is 0 Å². The molecular weight excluding hydrogens is 244 g/mol. The summed E-state index contributed by atoms with van der Waals surface area (Å²) >= 11 is 0. The van der Waals surface area contributed by atoms with Crippen LogP contribution in [0.25, 0.3) is 0 Å². The van der Waals surface area contributed by atoms with Crippen LogP contribution in [0, 0.1) is 11.3 Å². The molecule has 0 aromatic carbocycles. The molecule has 2 heteroatoms. The summed E-state index contributed by atoms with van der Waals surface area (Å²) in [7, 11) is 2.29. The molecule has 1 heterocycles. The van der Waals surface area contributed by atoms with Gasteiger partial charge in [-0.3, -0.25) is 4.90 Å². The predicted octanol–water partition coefficient (Wildman–Crippen LogP) is 4.25. The van der Waals surface area contributed by atoms with E-state index in [9.17, 15) is 0 Å². The minimum absolute atomic E-state index is 0.505. The van der Waals surface area contributed by atoms with Gasteiger partial charge in [0.1, 0.15) is 0 Å². The van der Waals surface area contributed by atoms with Crippen LogP contribution in [0.2, 0.25) is 0 Å². The molecule has 0 bridgehead atoms. The zero-order valence-corrected chi connectivity index (χ0v) is 15.2. The van der Waals surface area contributed by atoms with Gasteiger partial charge in [-0.1, -0.05) is 20.8 Å². The third-order valence-corrected chi connectivity index (χ3v) is 5.80. The van der Waals surface area contributed by atoms with Crippen LogP contribution in [0.1, 0.15) is 67.7 Å². The molecule has 20 heavy (non-hydrogen) atoms. The predicted molar refractivity (Wildman–Crippen MR) is 90.2 cm³/mol. The third kappa shape index (κ3) is 3.76. The van der Waals surface area contributed by atoms with E-state index in [1.807, 2.05) is 0 Å². The lowest BCUT2D eigenvalue weighted by Gasteiger charge is -2.55. The van der Waals surface area contributed by atoms with Crippen molar-refractivity contribution in [3.05, 3.63) is 0 Å². The van der Waals surface area contributed by atoms with E-state index in [-0.39, 0.29) is 0 Å². The number of hydrogen-bond donors (Lipinski definition) is 0. The molecule has 1 aliphatic rings. The topological polar surface area (TPSA) is 6.48 Å². The van der Waals surface area contributed by atoms with Gasteiger partial charge in [0.2, 0.25) is 0 Å². The molecule has 1 fully saturated rings. The average molecular weight is 283 g/mol. The molecule has 2 unspecified atom stereocenters. The second kappa shape index (κ2) is 7.26. The first kappa shape index (κ1) is 18.0. The zero-order valence-electron chi connectivity index (χ0n) is 15.2. The van der Waals surface area contributed by atoms with Gasteiger partial charge in [0.15, 0.2) is 0 Å². The molecule has 0 aliphatic carbocycles. The lowest BCUT2D eigenvalue weighted by Crippen LogP contribution is -2.60. The zero-order chi connectivity index (χ0) is 15.5. The summed E-state index contributed by atoms with van der Waals surface area (Å²) in [6, 6.07) is 2.00. The molecular formula is C18H38N2. The van der Waals surface area contributed by atoms with E-state index in [0.717, 1.165) is 5.92 Å². The summed E-state index contributed by atoms with van der Waals surface area (Å²) in [5.74, 6) is 0.831. The molecule has 0 N–H and O–H groups in total. The van der Waals surface area contributed by atoms with Gasteiger partial charge < -0.3 is 4.90 Å². The summed E-state index contributed by atoms with van der Waals surface area (Å²) in [6.45, 7) is 19.1. The Balaban J connectivity index is 3.04. The number of likely N-dealkylation sites (N-methyl/N-ethyl adjacent to an activating group) is 1. The van der Waals surface area contributed by atoms with Gasteiger partial charge >= 0.3 is 0 Å².